The monoisotopic (exact) mass is 286 g/mol. The molecule has 0 radical (unpaired) electrons. The molecule has 0 aliphatic heterocycles. The largest absolute Gasteiger partial charge is 0.573 e. The minimum Gasteiger partial charge on any atom is -0.405 e. The fourth-order valence-corrected chi connectivity index (χ4v) is 1.78. The first-order valence-corrected chi connectivity index (χ1v) is 5.65. The van der Waals surface area contributed by atoms with E-state index < -0.39 is 24.0 Å². The Bertz CT molecular complexity index is 596. The number of hydrogen-bond donors (Lipinski definition) is 1. The molecule has 0 heterocycles. The third-order valence-electron chi connectivity index (χ3n) is 2.60. The highest BCUT2D eigenvalue weighted by Crippen LogP contribution is 2.33. The van der Waals surface area contributed by atoms with Crippen molar-refractivity contribution in [3.63, 3.8) is 0 Å². The van der Waals surface area contributed by atoms with Crippen molar-refractivity contribution in [2.75, 3.05) is 0 Å². The van der Waals surface area contributed by atoms with Crippen molar-refractivity contribution in [3.05, 3.63) is 65.5 Å². The van der Waals surface area contributed by atoms with Gasteiger partial charge in [-0.25, -0.2) is 4.39 Å². The van der Waals surface area contributed by atoms with Crippen LogP contribution in [0.25, 0.3) is 0 Å². The molecule has 2 aromatic carbocycles. The van der Waals surface area contributed by atoms with Gasteiger partial charge in [-0.3, -0.25) is 0 Å². The quantitative estimate of drug-likeness (QED) is 0.869. The minimum absolute atomic E-state index is 0.0876. The molecule has 0 saturated carbocycles. The number of ether oxygens (including phenoxy) is 1. The molecule has 0 bridgehead atoms. The van der Waals surface area contributed by atoms with E-state index in [9.17, 15) is 22.7 Å². The summed E-state index contributed by atoms with van der Waals surface area (Å²) < 4.78 is 53.8. The van der Waals surface area contributed by atoms with E-state index in [1.807, 2.05) is 0 Å². The third-order valence-corrected chi connectivity index (χ3v) is 2.60. The van der Waals surface area contributed by atoms with Gasteiger partial charge in [-0.05, 0) is 23.8 Å². The lowest BCUT2D eigenvalue weighted by molar-refractivity contribution is -0.275. The summed E-state index contributed by atoms with van der Waals surface area (Å²) in [5, 5.41) is 10.1. The Morgan fingerprint density at radius 2 is 1.70 bits per heavy atom. The van der Waals surface area contributed by atoms with Crippen molar-refractivity contribution < 1.29 is 27.4 Å². The standard InChI is InChI=1S/C14H10F4O2/c15-10-5-3-4-9(8-10)13(19)11-6-1-2-7-12(11)20-14(16,17)18/h1-8,13,19H. The van der Waals surface area contributed by atoms with E-state index in [1.54, 1.807) is 0 Å². The second-order valence-corrected chi connectivity index (χ2v) is 4.04. The molecule has 2 aromatic rings. The molecule has 0 aromatic heterocycles. The van der Waals surface area contributed by atoms with E-state index >= 15 is 0 Å². The average Bonchev–Trinajstić information content (AvgIpc) is 2.37. The Balaban J connectivity index is 2.37. The lowest BCUT2D eigenvalue weighted by Gasteiger charge is -2.17. The topological polar surface area (TPSA) is 29.5 Å². The van der Waals surface area contributed by atoms with Gasteiger partial charge >= 0.3 is 6.36 Å². The van der Waals surface area contributed by atoms with Crippen molar-refractivity contribution in [1.82, 2.24) is 0 Å². The molecule has 0 aliphatic rings. The second-order valence-electron chi connectivity index (χ2n) is 4.04. The van der Waals surface area contributed by atoms with E-state index in [4.69, 9.17) is 0 Å². The van der Waals surface area contributed by atoms with Crippen molar-refractivity contribution in [1.29, 1.82) is 0 Å². The predicted octanol–water partition coefficient (Wildman–Crippen LogP) is 3.81. The molecule has 1 atom stereocenters. The average molecular weight is 286 g/mol. The molecule has 0 aliphatic carbocycles. The summed E-state index contributed by atoms with van der Waals surface area (Å²) in [5.74, 6) is -1.10. The van der Waals surface area contributed by atoms with Crippen LogP contribution in [0.1, 0.15) is 17.2 Å². The summed E-state index contributed by atoms with van der Waals surface area (Å²) in [6.07, 6.45) is -6.28. The van der Waals surface area contributed by atoms with Gasteiger partial charge < -0.3 is 9.84 Å². The maximum atomic E-state index is 13.1. The fourth-order valence-electron chi connectivity index (χ4n) is 1.78. The van der Waals surface area contributed by atoms with E-state index in [1.165, 1.54) is 36.4 Å². The summed E-state index contributed by atoms with van der Waals surface area (Å²) in [7, 11) is 0. The molecule has 0 fully saturated rings. The zero-order chi connectivity index (χ0) is 14.8. The molecule has 1 unspecified atom stereocenters. The Labute approximate surface area is 112 Å². The number of halogens is 4. The maximum absolute atomic E-state index is 13.1. The summed E-state index contributed by atoms with van der Waals surface area (Å²) in [4.78, 5) is 0. The Hall–Kier alpha value is -2.08. The fraction of sp³-hybridized carbons (Fsp3) is 0.143. The number of para-hydroxylation sites is 1. The Morgan fingerprint density at radius 3 is 2.35 bits per heavy atom. The van der Waals surface area contributed by atoms with E-state index in [2.05, 4.69) is 4.74 Å². The molecular weight excluding hydrogens is 276 g/mol. The van der Waals surface area contributed by atoms with Crippen LogP contribution in [-0.2, 0) is 0 Å². The van der Waals surface area contributed by atoms with Crippen LogP contribution in [0.3, 0.4) is 0 Å². The van der Waals surface area contributed by atoms with Crippen LogP contribution in [0.5, 0.6) is 5.75 Å². The van der Waals surface area contributed by atoms with Crippen molar-refractivity contribution >= 4 is 0 Å². The molecule has 2 nitrogen and oxygen atoms in total. The van der Waals surface area contributed by atoms with Gasteiger partial charge in [0.2, 0.25) is 0 Å². The van der Waals surface area contributed by atoms with E-state index in [-0.39, 0.29) is 11.1 Å². The van der Waals surface area contributed by atoms with E-state index in [0.717, 1.165) is 12.1 Å². The predicted molar refractivity (Wildman–Crippen MR) is 63.6 cm³/mol. The zero-order valence-electron chi connectivity index (χ0n) is 10.1. The second kappa shape index (κ2) is 5.50. The van der Waals surface area contributed by atoms with Gasteiger partial charge in [0.15, 0.2) is 0 Å². The van der Waals surface area contributed by atoms with Gasteiger partial charge in [-0.2, -0.15) is 0 Å². The van der Waals surface area contributed by atoms with Crippen molar-refractivity contribution in [2.45, 2.75) is 12.5 Å². The van der Waals surface area contributed by atoms with Crippen LogP contribution in [0, 0.1) is 5.82 Å². The lowest BCUT2D eigenvalue weighted by atomic mass is 10.0. The van der Waals surface area contributed by atoms with Crippen LogP contribution in [-0.4, -0.2) is 11.5 Å². The van der Waals surface area contributed by atoms with Gasteiger partial charge in [0.05, 0.1) is 0 Å². The molecule has 1 N–H and O–H groups in total. The normalized spacial score (nSPS) is 13.1. The van der Waals surface area contributed by atoms with Gasteiger partial charge in [0.1, 0.15) is 17.7 Å². The number of aliphatic hydroxyl groups excluding tert-OH is 1. The molecule has 0 amide bonds. The van der Waals surface area contributed by atoms with Crippen LogP contribution < -0.4 is 4.74 Å². The summed E-state index contributed by atoms with van der Waals surface area (Å²) >= 11 is 0. The first-order valence-electron chi connectivity index (χ1n) is 5.65. The third kappa shape index (κ3) is 3.48. The Kier molecular flexibility index (Phi) is 3.94. The lowest BCUT2D eigenvalue weighted by Crippen LogP contribution is -2.18. The zero-order valence-corrected chi connectivity index (χ0v) is 10.1. The highest BCUT2D eigenvalue weighted by molar-refractivity contribution is 5.40. The number of benzene rings is 2. The van der Waals surface area contributed by atoms with Crippen molar-refractivity contribution in [3.8, 4) is 5.75 Å². The maximum Gasteiger partial charge on any atom is 0.573 e. The van der Waals surface area contributed by atoms with Crippen LogP contribution in [0.15, 0.2) is 48.5 Å². The molecule has 0 spiro atoms. The van der Waals surface area contributed by atoms with Crippen LogP contribution >= 0.6 is 0 Å². The minimum atomic E-state index is -4.86. The van der Waals surface area contributed by atoms with Gasteiger partial charge in [-0.1, -0.05) is 30.3 Å². The summed E-state index contributed by atoms with van der Waals surface area (Å²) in [6.45, 7) is 0. The first kappa shape index (κ1) is 14.3. The molecule has 2 rings (SSSR count). The van der Waals surface area contributed by atoms with Crippen molar-refractivity contribution in [2.24, 2.45) is 0 Å². The SMILES string of the molecule is OC(c1cccc(F)c1)c1ccccc1OC(F)(F)F. The molecule has 20 heavy (non-hydrogen) atoms. The molecule has 106 valence electrons. The smallest absolute Gasteiger partial charge is 0.405 e. The number of alkyl halides is 3. The Morgan fingerprint density at radius 1 is 1.00 bits per heavy atom. The summed E-state index contributed by atoms with van der Waals surface area (Å²) in [5.41, 5.74) is 0.0543. The molecule has 0 saturated heterocycles. The molecule has 6 heteroatoms. The number of hydrogen-bond acceptors (Lipinski definition) is 2. The van der Waals surface area contributed by atoms with Gasteiger partial charge in [0.25, 0.3) is 0 Å². The number of aliphatic hydroxyl groups is 1. The molecular formula is C14H10F4O2. The van der Waals surface area contributed by atoms with E-state index in [0.29, 0.717) is 0 Å². The summed E-state index contributed by atoms with van der Waals surface area (Å²) in [6, 6.07) is 10.2. The van der Waals surface area contributed by atoms with Gasteiger partial charge in [0, 0.05) is 5.56 Å². The van der Waals surface area contributed by atoms with Gasteiger partial charge in [-0.15, -0.1) is 13.2 Å². The van der Waals surface area contributed by atoms with Crippen LogP contribution in [0.2, 0.25) is 0 Å². The highest BCUT2D eigenvalue weighted by atomic mass is 19.4. The number of rotatable bonds is 3. The first-order chi connectivity index (χ1) is 9.37. The highest BCUT2D eigenvalue weighted by Gasteiger charge is 2.32. The van der Waals surface area contributed by atoms with Crippen LogP contribution in [0.4, 0.5) is 17.6 Å².